The lowest BCUT2D eigenvalue weighted by Gasteiger charge is -2.10. The molecule has 160 valence electrons. The maximum atomic E-state index is 10.7. The number of guanidine groups is 1. The van der Waals surface area contributed by atoms with Gasteiger partial charge >= 0.3 is 0 Å². The third-order valence-corrected chi connectivity index (χ3v) is 4.96. The summed E-state index contributed by atoms with van der Waals surface area (Å²) >= 11 is 0. The summed E-state index contributed by atoms with van der Waals surface area (Å²) in [5, 5.41) is 3.22. The normalized spacial score (nSPS) is 13.9. The Labute approximate surface area is 181 Å². The average Bonchev–Trinajstić information content (AvgIpc) is 3.61. The van der Waals surface area contributed by atoms with Gasteiger partial charge in [-0.2, -0.15) is 0 Å². The summed E-state index contributed by atoms with van der Waals surface area (Å²) in [7, 11) is 0. The van der Waals surface area contributed by atoms with Gasteiger partial charge in [-0.15, -0.1) is 0 Å². The first-order valence-electron chi connectivity index (χ1n) is 10.5. The molecule has 0 saturated heterocycles. The van der Waals surface area contributed by atoms with Gasteiger partial charge in [0.1, 0.15) is 5.75 Å². The Kier molecular flexibility index (Phi) is 6.74. The van der Waals surface area contributed by atoms with Crippen molar-refractivity contribution in [3.63, 3.8) is 0 Å². The van der Waals surface area contributed by atoms with Crippen molar-refractivity contribution in [2.45, 2.75) is 31.8 Å². The standard InChI is InChI=1S/C24H26N4O3/c25-24(26-16-29)28-23-15-22(27-21-9-2-1-8-20(21)23)17-6-5-7-19(14-17)31-13-4-3-12-30-18-10-11-18/h1-2,5-9,14-16,18H,3-4,10-13H2,(H3,25,26,27,28,29). The molecule has 1 aliphatic carbocycles. The Morgan fingerprint density at radius 1 is 1.13 bits per heavy atom. The number of benzene rings is 2. The maximum absolute atomic E-state index is 10.7. The predicted octanol–water partition coefficient (Wildman–Crippen LogP) is 3.93. The summed E-state index contributed by atoms with van der Waals surface area (Å²) in [5.41, 5.74) is 8.88. The third-order valence-electron chi connectivity index (χ3n) is 4.96. The van der Waals surface area contributed by atoms with Crippen molar-refractivity contribution in [2.24, 2.45) is 10.7 Å². The number of amides is 1. The summed E-state index contributed by atoms with van der Waals surface area (Å²) < 4.78 is 11.6. The number of para-hydroxylation sites is 1. The second-order valence-electron chi connectivity index (χ2n) is 7.46. The van der Waals surface area contributed by atoms with E-state index in [0.29, 0.717) is 24.8 Å². The molecule has 1 fully saturated rings. The van der Waals surface area contributed by atoms with E-state index in [1.165, 1.54) is 12.8 Å². The Bertz CT molecular complexity index is 1080. The van der Waals surface area contributed by atoms with Crippen LogP contribution in [-0.2, 0) is 9.53 Å². The molecule has 0 spiro atoms. The van der Waals surface area contributed by atoms with Gasteiger partial charge in [0.15, 0.2) is 5.96 Å². The summed E-state index contributed by atoms with van der Waals surface area (Å²) in [6.45, 7) is 1.45. The predicted molar refractivity (Wildman–Crippen MR) is 121 cm³/mol. The molecule has 3 N–H and O–H groups in total. The molecular weight excluding hydrogens is 392 g/mol. The minimum Gasteiger partial charge on any atom is -0.494 e. The maximum Gasteiger partial charge on any atom is 0.213 e. The summed E-state index contributed by atoms with van der Waals surface area (Å²) in [6, 6.07) is 17.4. The molecule has 31 heavy (non-hydrogen) atoms. The first-order valence-corrected chi connectivity index (χ1v) is 10.5. The topological polar surface area (TPSA) is 98.8 Å². The van der Waals surface area contributed by atoms with Crippen molar-refractivity contribution in [3.05, 3.63) is 54.6 Å². The van der Waals surface area contributed by atoms with Crippen LogP contribution in [0.25, 0.3) is 22.2 Å². The zero-order valence-corrected chi connectivity index (χ0v) is 17.3. The van der Waals surface area contributed by atoms with E-state index in [-0.39, 0.29) is 5.96 Å². The van der Waals surface area contributed by atoms with E-state index in [4.69, 9.17) is 20.2 Å². The number of hydrogen-bond donors (Lipinski definition) is 2. The second kappa shape index (κ2) is 10.0. The van der Waals surface area contributed by atoms with Crippen molar-refractivity contribution in [1.29, 1.82) is 0 Å². The number of rotatable bonds is 10. The summed E-state index contributed by atoms with van der Waals surface area (Å²) in [4.78, 5) is 19.8. The molecule has 1 heterocycles. The van der Waals surface area contributed by atoms with Crippen LogP contribution in [0.2, 0.25) is 0 Å². The summed E-state index contributed by atoms with van der Waals surface area (Å²) in [5.74, 6) is 0.822. The number of hydrogen-bond acceptors (Lipinski definition) is 5. The zero-order valence-electron chi connectivity index (χ0n) is 17.3. The van der Waals surface area contributed by atoms with Crippen LogP contribution >= 0.6 is 0 Å². The lowest BCUT2D eigenvalue weighted by atomic mass is 10.1. The molecule has 7 nitrogen and oxygen atoms in total. The van der Waals surface area contributed by atoms with E-state index in [2.05, 4.69) is 10.3 Å². The first-order chi connectivity index (χ1) is 15.2. The van der Waals surface area contributed by atoms with Gasteiger partial charge < -0.3 is 15.2 Å². The highest BCUT2D eigenvalue weighted by molar-refractivity contribution is 5.97. The SMILES string of the molecule is NC(=Nc1cc(-c2cccc(OCCCCOC3CC3)c2)nc2ccccc12)NC=O. The van der Waals surface area contributed by atoms with Gasteiger partial charge in [-0.25, -0.2) is 9.98 Å². The second-order valence-corrected chi connectivity index (χ2v) is 7.46. The summed E-state index contributed by atoms with van der Waals surface area (Å²) in [6.07, 6.45) is 5.37. The largest absolute Gasteiger partial charge is 0.494 e. The monoisotopic (exact) mass is 418 g/mol. The fourth-order valence-electron chi connectivity index (χ4n) is 3.24. The van der Waals surface area contributed by atoms with Crippen LogP contribution < -0.4 is 15.8 Å². The minimum absolute atomic E-state index is 0.0278. The molecular formula is C24H26N4O3. The van der Waals surface area contributed by atoms with Crippen LogP contribution in [0, 0.1) is 0 Å². The van der Waals surface area contributed by atoms with Crippen LogP contribution in [-0.4, -0.2) is 36.7 Å². The zero-order chi connectivity index (χ0) is 21.5. The fourth-order valence-corrected chi connectivity index (χ4v) is 3.24. The van der Waals surface area contributed by atoms with Crippen LogP contribution in [0.4, 0.5) is 5.69 Å². The van der Waals surface area contributed by atoms with Gasteiger partial charge in [0.25, 0.3) is 0 Å². The van der Waals surface area contributed by atoms with Crippen LogP contribution in [0.15, 0.2) is 59.6 Å². The van der Waals surface area contributed by atoms with Crippen molar-refractivity contribution in [3.8, 4) is 17.0 Å². The van der Waals surface area contributed by atoms with Gasteiger partial charge in [0.2, 0.25) is 6.41 Å². The molecule has 7 heteroatoms. The van der Waals surface area contributed by atoms with E-state index in [0.717, 1.165) is 47.4 Å². The van der Waals surface area contributed by atoms with E-state index < -0.39 is 0 Å². The highest BCUT2D eigenvalue weighted by Crippen LogP contribution is 2.31. The Morgan fingerprint density at radius 3 is 2.81 bits per heavy atom. The number of ether oxygens (including phenoxy) is 2. The molecule has 0 radical (unpaired) electrons. The van der Waals surface area contributed by atoms with E-state index in [1.54, 1.807) is 0 Å². The van der Waals surface area contributed by atoms with Crippen molar-refractivity contribution < 1.29 is 14.3 Å². The first kappa shape index (κ1) is 20.8. The number of unbranched alkanes of at least 4 members (excludes halogenated alkanes) is 1. The van der Waals surface area contributed by atoms with Crippen molar-refractivity contribution in [1.82, 2.24) is 10.3 Å². The van der Waals surface area contributed by atoms with Gasteiger partial charge in [-0.1, -0.05) is 30.3 Å². The third kappa shape index (κ3) is 5.79. The van der Waals surface area contributed by atoms with Gasteiger partial charge in [-0.3, -0.25) is 10.1 Å². The highest BCUT2D eigenvalue weighted by atomic mass is 16.5. The number of carbonyl (C=O) groups is 1. The molecule has 1 amide bonds. The minimum atomic E-state index is 0.0278. The molecule has 1 aliphatic rings. The number of fused-ring (bicyclic) bond motifs is 1. The molecule has 1 aromatic heterocycles. The van der Waals surface area contributed by atoms with Crippen LogP contribution in [0.3, 0.4) is 0 Å². The highest BCUT2D eigenvalue weighted by Gasteiger charge is 2.21. The van der Waals surface area contributed by atoms with E-state index >= 15 is 0 Å². The number of aromatic nitrogens is 1. The van der Waals surface area contributed by atoms with Crippen LogP contribution in [0.5, 0.6) is 5.75 Å². The number of carbonyl (C=O) groups excluding carboxylic acids is 1. The molecule has 4 rings (SSSR count). The number of pyridine rings is 1. The van der Waals surface area contributed by atoms with Crippen LogP contribution in [0.1, 0.15) is 25.7 Å². The Morgan fingerprint density at radius 2 is 1.97 bits per heavy atom. The van der Waals surface area contributed by atoms with Crippen molar-refractivity contribution >= 4 is 29.0 Å². The lowest BCUT2D eigenvalue weighted by Crippen LogP contribution is -2.29. The fraction of sp³-hybridized carbons (Fsp3) is 0.292. The molecule has 1 saturated carbocycles. The number of aliphatic imine (C=N–C) groups is 1. The van der Waals surface area contributed by atoms with Gasteiger partial charge in [0, 0.05) is 17.6 Å². The molecule has 0 bridgehead atoms. The number of nitrogens with zero attached hydrogens (tertiary/aromatic N) is 2. The average molecular weight is 418 g/mol. The quantitative estimate of drug-likeness (QED) is 0.225. The molecule has 2 aromatic carbocycles. The molecule has 0 unspecified atom stereocenters. The molecule has 0 atom stereocenters. The molecule has 0 aliphatic heterocycles. The van der Waals surface area contributed by atoms with E-state index in [1.807, 2.05) is 54.6 Å². The van der Waals surface area contributed by atoms with Crippen molar-refractivity contribution in [2.75, 3.05) is 13.2 Å². The lowest BCUT2D eigenvalue weighted by molar-refractivity contribution is -0.108. The molecule has 3 aromatic rings. The van der Waals surface area contributed by atoms with Gasteiger partial charge in [-0.05, 0) is 49.9 Å². The van der Waals surface area contributed by atoms with E-state index in [9.17, 15) is 4.79 Å². The number of nitrogens with two attached hydrogens (primary N) is 1. The smallest absolute Gasteiger partial charge is 0.213 e. The van der Waals surface area contributed by atoms with Gasteiger partial charge in [0.05, 0.1) is 29.6 Å². The Balaban J connectivity index is 1.50. The number of nitrogens with one attached hydrogen (secondary N) is 1. The Hall–Kier alpha value is -3.45.